The number of carbonyl (C=O) groups is 1. The Kier molecular flexibility index (Phi) is 5.33. The van der Waals surface area contributed by atoms with Gasteiger partial charge in [0.05, 0.1) is 16.7 Å². The molecule has 0 aliphatic rings. The number of carbonyl (C=O) groups excluding carboxylic acids is 1. The minimum Gasteiger partial charge on any atom is -0.316 e. The first-order chi connectivity index (χ1) is 12.1. The summed E-state index contributed by atoms with van der Waals surface area (Å²) in [7, 11) is 0. The van der Waals surface area contributed by atoms with Crippen molar-refractivity contribution in [2.45, 2.75) is 11.7 Å². The van der Waals surface area contributed by atoms with E-state index in [4.69, 9.17) is 5.26 Å². The first kappa shape index (κ1) is 17.4. The second kappa shape index (κ2) is 7.65. The molecule has 0 radical (unpaired) electrons. The van der Waals surface area contributed by atoms with Gasteiger partial charge in [-0.2, -0.15) is 5.26 Å². The Balaban J connectivity index is 1.79. The Bertz CT molecular complexity index is 1040. The third kappa shape index (κ3) is 3.66. The number of thioether (sulfide) groups is 1. The molecule has 1 amide bonds. The molecule has 25 heavy (non-hydrogen) atoms. The number of fused-ring (bicyclic) bond motifs is 1. The topological polar surface area (TPSA) is 87.8 Å². The lowest BCUT2D eigenvalue weighted by Crippen LogP contribution is -2.23. The number of anilines is 1. The van der Waals surface area contributed by atoms with Crippen molar-refractivity contribution in [3.8, 4) is 6.07 Å². The van der Waals surface area contributed by atoms with Crippen LogP contribution in [0.1, 0.15) is 5.56 Å². The lowest BCUT2D eigenvalue weighted by molar-refractivity contribution is -0.113. The van der Waals surface area contributed by atoms with Gasteiger partial charge in [-0.15, -0.1) is 29.3 Å². The van der Waals surface area contributed by atoms with Crippen molar-refractivity contribution in [2.75, 3.05) is 11.1 Å². The highest BCUT2D eigenvalue weighted by molar-refractivity contribution is 7.99. The van der Waals surface area contributed by atoms with Crippen molar-refractivity contribution in [3.05, 3.63) is 51.5 Å². The van der Waals surface area contributed by atoms with Crippen LogP contribution in [0.5, 0.6) is 0 Å². The van der Waals surface area contributed by atoms with Crippen LogP contribution in [0.3, 0.4) is 0 Å². The van der Waals surface area contributed by atoms with Crippen LogP contribution in [0.25, 0.3) is 10.2 Å². The van der Waals surface area contributed by atoms with Crippen molar-refractivity contribution in [3.63, 3.8) is 0 Å². The predicted molar refractivity (Wildman–Crippen MR) is 102 cm³/mol. The van der Waals surface area contributed by atoms with Gasteiger partial charge < -0.3 is 5.32 Å². The summed E-state index contributed by atoms with van der Waals surface area (Å²) < 4.78 is 1.51. The van der Waals surface area contributed by atoms with Crippen LogP contribution in [0.4, 0.5) is 5.00 Å². The van der Waals surface area contributed by atoms with E-state index in [1.165, 1.54) is 39.0 Å². The summed E-state index contributed by atoms with van der Waals surface area (Å²) in [6, 6.07) is 5.43. The number of hydrogen-bond donors (Lipinski definition) is 1. The van der Waals surface area contributed by atoms with E-state index in [1.807, 2.05) is 11.4 Å². The fraction of sp³-hybridized carbons (Fsp3) is 0.125. The van der Waals surface area contributed by atoms with Crippen molar-refractivity contribution in [1.29, 1.82) is 5.26 Å². The maximum atomic E-state index is 12.5. The normalized spacial score (nSPS) is 10.5. The number of amides is 1. The smallest absolute Gasteiger partial charge is 0.263 e. The molecule has 1 N–H and O–H groups in total. The highest BCUT2D eigenvalue weighted by Crippen LogP contribution is 2.24. The van der Waals surface area contributed by atoms with Crippen LogP contribution in [0.2, 0.25) is 0 Å². The van der Waals surface area contributed by atoms with Gasteiger partial charge in [-0.25, -0.2) is 4.98 Å². The summed E-state index contributed by atoms with van der Waals surface area (Å²) in [6.45, 7) is 3.99. The summed E-state index contributed by atoms with van der Waals surface area (Å²) in [6.07, 6.45) is 1.62. The van der Waals surface area contributed by atoms with Gasteiger partial charge in [-0.05, 0) is 22.9 Å². The Labute approximate surface area is 155 Å². The van der Waals surface area contributed by atoms with Gasteiger partial charge in [0.2, 0.25) is 5.91 Å². The molecule has 0 aliphatic heterocycles. The Morgan fingerprint density at radius 1 is 1.44 bits per heavy atom. The van der Waals surface area contributed by atoms with E-state index in [-0.39, 0.29) is 17.2 Å². The molecule has 3 rings (SSSR count). The van der Waals surface area contributed by atoms with Crippen LogP contribution in [-0.2, 0) is 11.3 Å². The zero-order valence-corrected chi connectivity index (χ0v) is 15.3. The number of nitrogens with one attached hydrogen (secondary N) is 1. The van der Waals surface area contributed by atoms with Gasteiger partial charge in [0.25, 0.3) is 5.56 Å². The zero-order chi connectivity index (χ0) is 17.8. The molecule has 0 atom stereocenters. The van der Waals surface area contributed by atoms with Crippen LogP contribution in [-0.4, -0.2) is 21.2 Å². The number of hydrogen-bond acceptors (Lipinski definition) is 7. The number of rotatable bonds is 6. The van der Waals surface area contributed by atoms with E-state index in [9.17, 15) is 9.59 Å². The lowest BCUT2D eigenvalue weighted by atomic mass is 10.3. The number of allylic oxidation sites excluding steroid dienone is 1. The van der Waals surface area contributed by atoms with Gasteiger partial charge in [0, 0.05) is 6.54 Å². The van der Waals surface area contributed by atoms with E-state index in [2.05, 4.69) is 16.9 Å². The molecular weight excluding hydrogens is 376 g/mol. The van der Waals surface area contributed by atoms with Gasteiger partial charge in [-0.1, -0.05) is 17.8 Å². The third-order valence-corrected chi connectivity index (χ3v) is 5.84. The summed E-state index contributed by atoms with van der Waals surface area (Å²) in [4.78, 5) is 29.8. The molecule has 0 aliphatic carbocycles. The van der Waals surface area contributed by atoms with Crippen LogP contribution in [0.15, 0.2) is 45.5 Å². The second-order valence-corrected chi connectivity index (χ2v) is 7.60. The summed E-state index contributed by atoms with van der Waals surface area (Å²) >= 11 is 3.86. The number of aromatic nitrogens is 2. The molecule has 9 heteroatoms. The Morgan fingerprint density at radius 3 is 3.00 bits per heavy atom. The molecule has 3 aromatic rings. The van der Waals surface area contributed by atoms with Crippen molar-refractivity contribution in [1.82, 2.24) is 9.55 Å². The fourth-order valence-corrected chi connectivity index (χ4v) is 4.48. The van der Waals surface area contributed by atoms with Crippen LogP contribution < -0.4 is 10.9 Å². The van der Waals surface area contributed by atoms with Crippen molar-refractivity contribution < 1.29 is 4.79 Å². The van der Waals surface area contributed by atoms with Gasteiger partial charge in [-0.3, -0.25) is 14.2 Å². The summed E-state index contributed by atoms with van der Waals surface area (Å²) in [5.41, 5.74) is 0.295. The second-order valence-electron chi connectivity index (χ2n) is 4.85. The van der Waals surface area contributed by atoms with Crippen LogP contribution in [0, 0.1) is 11.3 Å². The molecule has 0 aromatic carbocycles. The average Bonchev–Trinajstić information content (AvgIpc) is 3.24. The molecule has 126 valence electrons. The molecule has 0 bridgehead atoms. The number of nitrogens with zero attached hydrogens (tertiary/aromatic N) is 3. The summed E-state index contributed by atoms with van der Waals surface area (Å²) in [5.74, 6) is -0.168. The van der Waals surface area contributed by atoms with E-state index in [1.54, 1.807) is 23.6 Å². The van der Waals surface area contributed by atoms with E-state index in [0.717, 1.165) is 0 Å². The molecule has 3 heterocycles. The number of nitriles is 1. The van der Waals surface area contributed by atoms with E-state index in [0.29, 0.717) is 32.5 Å². The third-order valence-electron chi connectivity index (χ3n) is 3.23. The van der Waals surface area contributed by atoms with Crippen molar-refractivity contribution >= 4 is 55.6 Å². The molecule has 0 saturated carbocycles. The number of thiophene rings is 2. The van der Waals surface area contributed by atoms with Crippen molar-refractivity contribution in [2.24, 2.45) is 0 Å². The highest BCUT2D eigenvalue weighted by atomic mass is 32.2. The maximum Gasteiger partial charge on any atom is 0.263 e. The fourth-order valence-electron chi connectivity index (χ4n) is 2.12. The predicted octanol–water partition coefficient (Wildman–Crippen LogP) is 3.31. The largest absolute Gasteiger partial charge is 0.316 e. The molecule has 0 spiro atoms. The first-order valence-electron chi connectivity index (χ1n) is 7.13. The maximum absolute atomic E-state index is 12.5. The SMILES string of the molecule is C=CCn1c(SCC(=O)Nc2sccc2C#N)nc2sccc2c1=O. The van der Waals surface area contributed by atoms with Gasteiger partial charge in [0.1, 0.15) is 15.9 Å². The molecule has 0 saturated heterocycles. The Hall–Kier alpha value is -2.41. The van der Waals surface area contributed by atoms with Gasteiger partial charge >= 0.3 is 0 Å². The molecular formula is C16H12N4O2S3. The highest BCUT2D eigenvalue weighted by Gasteiger charge is 2.14. The minimum atomic E-state index is -0.255. The molecule has 0 unspecified atom stereocenters. The molecule has 3 aromatic heterocycles. The standard InChI is InChI=1S/C16H12N4O2S3/c1-2-5-20-15(22)11-4-7-24-14(11)19-16(20)25-9-12(21)18-13-10(8-17)3-6-23-13/h2-4,6-7H,1,5,9H2,(H,18,21). The zero-order valence-electron chi connectivity index (χ0n) is 12.9. The first-order valence-corrected chi connectivity index (χ1v) is 9.87. The molecule has 0 fully saturated rings. The quantitative estimate of drug-likeness (QED) is 0.398. The average molecular weight is 388 g/mol. The molecule has 6 nitrogen and oxygen atoms in total. The van der Waals surface area contributed by atoms with E-state index < -0.39 is 0 Å². The Morgan fingerprint density at radius 2 is 2.24 bits per heavy atom. The van der Waals surface area contributed by atoms with Gasteiger partial charge in [0.15, 0.2) is 5.16 Å². The minimum absolute atomic E-state index is 0.0865. The lowest BCUT2D eigenvalue weighted by Gasteiger charge is -2.10. The monoisotopic (exact) mass is 388 g/mol. The van der Waals surface area contributed by atoms with E-state index >= 15 is 0 Å². The summed E-state index contributed by atoms with van der Waals surface area (Å²) in [5, 5.41) is 16.8. The van der Waals surface area contributed by atoms with Crippen LogP contribution >= 0.6 is 34.4 Å².